The number of amides is 1. The fraction of sp³-hybridized carbons (Fsp3) is 0.714. The summed E-state index contributed by atoms with van der Waals surface area (Å²) in [6.45, 7) is 0.661. The first-order valence-corrected chi connectivity index (χ1v) is 3.60. The van der Waals surface area contributed by atoms with Gasteiger partial charge in [-0.2, -0.15) is 0 Å². The lowest BCUT2D eigenvalue weighted by Gasteiger charge is -2.12. The van der Waals surface area contributed by atoms with Crippen molar-refractivity contribution in [1.82, 2.24) is 4.90 Å². The number of nitrogens with zero attached hydrogens (tertiary/aromatic N) is 1. The predicted octanol–water partition coefficient (Wildman–Crippen LogP) is -1.03. The summed E-state index contributed by atoms with van der Waals surface area (Å²) in [6, 6.07) is 0. The van der Waals surface area contributed by atoms with E-state index in [2.05, 4.69) is 4.74 Å². The average Bonchev–Trinajstić information content (AvgIpc) is 2.00. The smallest absolute Gasteiger partial charge is 0.319 e. The second kappa shape index (κ2) is 5.54. The molecule has 0 atom stereocenters. The summed E-state index contributed by atoms with van der Waals surface area (Å²) >= 11 is 0. The first kappa shape index (κ1) is 10.9. The molecule has 12 heavy (non-hydrogen) atoms. The Morgan fingerprint density at radius 1 is 1.50 bits per heavy atom. The molecule has 5 nitrogen and oxygen atoms in total. The minimum absolute atomic E-state index is 0.184. The van der Waals surface area contributed by atoms with E-state index in [9.17, 15) is 9.59 Å². The zero-order chi connectivity index (χ0) is 9.56. The van der Waals surface area contributed by atoms with E-state index in [1.165, 1.54) is 7.11 Å². The third-order valence-corrected chi connectivity index (χ3v) is 1.37. The Labute approximate surface area is 71.5 Å². The number of hydrogen-bond acceptors (Lipinski definition) is 4. The average molecular weight is 174 g/mol. The number of nitrogens with two attached hydrogens (primary N) is 1. The van der Waals surface area contributed by atoms with E-state index in [0.717, 1.165) is 0 Å². The highest BCUT2D eigenvalue weighted by atomic mass is 16.5. The van der Waals surface area contributed by atoms with Crippen molar-refractivity contribution in [3.63, 3.8) is 0 Å². The van der Waals surface area contributed by atoms with Crippen LogP contribution >= 0.6 is 0 Å². The van der Waals surface area contributed by atoms with Crippen molar-refractivity contribution < 1.29 is 14.3 Å². The number of hydrogen-bond donors (Lipinski definition) is 1. The monoisotopic (exact) mass is 174 g/mol. The second-order valence-electron chi connectivity index (χ2n) is 2.53. The number of carbonyl (C=O) groups is 2. The molecule has 0 radical (unpaired) electrons. The van der Waals surface area contributed by atoms with E-state index >= 15 is 0 Å². The molecule has 0 aliphatic heterocycles. The van der Waals surface area contributed by atoms with E-state index < -0.39 is 0 Å². The fourth-order valence-corrected chi connectivity index (χ4v) is 0.665. The second-order valence-corrected chi connectivity index (χ2v) is 2.53. The molecule has 0 aromatic heterocycles. The number of esters is 1. The van der Waals surface area contributed by atoms with Gasteiger partial charge < -0.3 is 10.5 Å². The largest absolute Gasteiger partial charge is 0.468 e. The molecule has 0 aliphatic carbocycles. The molecule has 0 aromatic carbocycles. The minimum atomic E-state index is -0.369. The SMILES string of the molecule is COC(=O)CN(C)CCC(N)=O. The van der Waals surface area contributed by atoms with Gasteiger partial charge in [0.2, 0.25) is 5.91 Å². The van der Waals surface area contributed by atoms with Crippen LogP contribution in [0.25, 0.3) is 0 Å². The minimum Gasteiger partial charge on any atom is -0.468 e. The van der Waals surface area contributed by atoms with Gasteiger partial charge >= 0.3 is 5.97 Å². The van der Waals surface area contributed by atoms with Gasteiger partial charge in [0.15, 0.2) is 0 Å². The van der Waals surface area contributed by atoms with Crippen molar-refractivity contribution in [2.75, 3.05) is 27.2 Å². The van der Waals surface area contributed by atoms with E-state index in [0.29, 0.717) is 6.54 Å². The molecule has 5 heteroatoms. The van der Waals surface area contributed by atoms with Crippen molar-refractivity contribution in [2.24, 2.45) is 5.73 Å². The lowest BCUT2D eigenvalue weighted by molar-refractivity contribution is -0.141. The van der Waals surface area contributed by atoms with Crippen LogP contribution in [-0.2, 0) is 14.3 Å². The Morgan fingerprint density at radius 3 is 2.50 bits per heavy atom. The van der Waals surface area contributed by atoms with Crippen LogP contribution in [0.15, 0.2) is 0 Å². The Balaban J connectivity index is 3.52. The van der Waals surface area contributed by atoms with Crippen LogP contribution in [-0.4, -0.2) is 44.0 Å². The van der Waals surface area contributed by atoms with Gasteiger partial charge in [-0.05, 0) is 7.05 Å². The van der Waals surface area contributed by atoms with Gasteiger partial charge in [0, 0.05) is 13.0 Å². The fourth-order valence-electron chi connectivity index (χ4n) is 0.665. The molecule has 1 amide bonds. The van der Waals surface area contributed by atoms with Crippen LogP contribution in [0, 0.1) is 0 Å². The van der Waals surface area contributed by atoms with E-state index in [1.807, 2.05) is 0 Å². The lowest BCUT2D eigenvalue weighted by atomic mass is 10.4. The molecule has 0 aromatic rings. The molecule has 0 rings (SSSR count). The summed E-state index contributed by atoms with van der Waals surface area (Å²) in [4.78, 5) is 22.7. The highest BCUT2D eigenvalue weighted by Crippen LogP contribution is 1.87. The molecule has 0 aliphatic rings. The molecule has 0 heterocycles. The summed E-state index contributed by atoms with van der Waals surface area (Å²) in [5.41, 5.74) is 4.92. The van der Waals surface area contributed by atoms with Crippen molar-refractivity contribution in [2.45, 2.75) is 6.42 Å². The maximum absolute atomic E-state index is 10.7. The Bertz CT molecular complexity index is 170. The lowest BCUT2D eigenvalue weighted by Crippen LogP contribution is -2.30. The molecule has 0 unspecified atom stereocenters. The summed E-state index contributed by atoms with van der Waals surface area (Å²) in [5, 5.41) is 0. The van der Waals surface area contributed by atoms with Gasteiger partial charge in [0.1, 0.15) is 0 Å². The number of carbonyl (C=O) groups excluding carboxylic acids is 2. The van der Waals surface area contributed by atoms with E-state index in [1.54, 1.807) is 11.9 Å². The van der Waals surface area contributed by atoms with Crippen LogP contribution in [0.2, 0.25) is 0 Å². The van der Waals surface area contributed by atoms with E-state index in [4.69, 9.17) is 5.73 Å². The highest BCUT2D eigenvalue weighted by Gasteiger charge is 2.06. The zero-order valence-corrected chi connectivity index (χ0v) is 7.37. The van der Waals surface area contributed by atoms with Crippen LogP contribution < -0.4 is 5.73 Å². The van der Waals surface area contributed by atoms with Gasteiger partial charge in [-0.15, -0.1) is 0 Å². The topological polar surface area (TPSA) is 72.6 Å². The normalized spacial score (nSPS) is 9.92. The van der Waals surface area contributed by atoms with Crippen LogP contribution in [0.4, 0.5) is 0 Å². The standard InChI is InChI=1S/C7H14N2O3/c1-9(4-3-6(8)10)5-7(11)12-2/h3-5H2,1-2H3,(H2,8,10). The first-order chi connectivity index (χ1) is 5.56. The summed E-state index contributed by atoms with van der Waals surface area (Å²) in [6.07, 6.45) is 0.257. The maximum atomic E-state index is 10.7. The third-order valence-electron chi connectivity index (χ3n) is 1.37. The van der Waals surface area contributed by atoms with Crippen molar-refractivity contribution >= 4 is 11.9 Å². The highest BCUT2D eigenvalue weighted by molar-refractivity contribution is 5.74. The zero-order valence-electron chi connectivity index (χ0n) is 7.37. The van der Waals surface area contributed by atoms with Gasteiger partial charge in [0.25, 0.3) is 0 Å². The molecular weight excluding hydrogens is 160 g/mol. The molecule has 0 fully saturated rings. The number of primary amides is 1. The number of rotatable bonds is 5. The van der Waals surface area contributed by atoms with Crippen LogP contribution in [0.5, 0.6) is 0 Å². The van der Waals surface area contributed by atoms with Gasteiger partial charge in [-0.3, -0.25) is 14.5 Å². The third kappa shape index (κ3) is 5.67. The van der Waals surface area contributed by atoms with Crippen molar-refractivity contribution in [3.8, 4) is 0 Å². The van der Waals surface area contributed by atoms with Gasteiger partial charge in [-0.25, -0.2) is 0 Å². The summed E-state index contributed by atoms with van der Waals surface area (Å²) < 4.78 is 4.43. The quantitative estimate of drug-likeness (QED) is 0.541. The first-order valence-electron chi connectivity index (χ1n) is 3.60. The molecule has 2 N–H and O–H groups in total. The van der Waals surface area contributed by atoms with Crippen LogP contribution in [0.1, 0.15) is 6.42 Å². The van der Waals surface area contributed by atoms with E-state index in [-0.39, 0.29) is 24.8 Å². The number of methoxy groups -OCH3 is 1. The molecule has 0 saturated heterocycles. The van der Waals surface area contributed by atoms with Gasteiger partial charge in [0.05, 0.1) is 13.7 Å². The number of ether oxygens (including phenoxy) is 1. The summed E-state index contributed by atoms with van der Waals surface area (Å²) in [7, 11) is 3.05. The summed E-state index contributed by atoms with van der Waals surface area (Å²) in [5.74, 6) is -0.686. The maximum Gasteiger partial charge on any atom is 0.319 e. The Kier molecular flexibility index (Phi) is 5.03. The Hall–Kier alpha value is -1.10. The van der Waals surface area contributed by atoms with Gasteiger partial charge in [-0.1, -0.05) is 0 Å². The van der Waals surface area contributed by atoms with Crippen LogP contribution in [0.3, 0.4) is 0 Å². The molecule has 0 saturated carbocycles. The Morgan fingerprint density at radius 2 is 2.08 bits per heavy atom. The molecule has 0 bridgehead atoms. The van der Waals surface area contributed by atoms with Crippen molar-refractivity contribution in [3.05, 3.63) is 0 Å². The predicted molar refractivity (Wildman–Crippen MR) is 43.3 cm³/mol. The van der Waals surface area contributed by atoms with Crippen molar-refractivity contribution in [1.29, 1.82) is 0 Å². The molecule has 70 valence electrons. The molecular formula is C7H14N2O3. The number of likely N-dealkylation sites (N-methyl/N-ethyl adjacent to an activating group) is 1. The molecule has 0 spiro atoms.